The number of halogens is 3. The van der Waals surface area contributed by atoms with Gasteiger partial charge >= 0.3 is 6.18 Å². The van der Waals surface area contributed by atoms with Gasteiger partial charge in [-0.2, -0.15) is 18.3 Å². The minimum atomic E-state index is -4.44. The molecule has 1 aromatic carbocycles. The highest BCUT2D eigenvalue weighted by atomic mass is 32.1. The Morgan fingerprint density at radius 1 is 1.33 bits per heavy atom. The Kier molecular flexibility index (Phi) is 6.14. The van der Waals surface area contributed by atoms with Gasteiger partial charge in [0.1, 0.15) is 0 Å². The maximum absolute atomic E-state index is 12.8. The smallest absolute Gasteiger partial charge is 0.331 e. The number of hydrazone groups is 1. The lowest BCUT2D eigenvalue weighted by atomic mass is 10.1. The van der Waals surface area contributed by atoms with Gasteiger partial charge in [0.25, 0.3) is 0 Å². The van der Waals surface area contributed by atoms with E-state index in [1.165, 1.54) is 18.2 Å². The van der Waals surface area contributed by atoms with Gasteiger partial charge in [0.15, 0.2) is 5.11 Å². The number of rotatable bonds is 4. The molecule has 7 heteroatoms. The van der Waals surface area contributed by atoms with Crippen LogP contribution in [0.3, 0.4) is 0 Å². The van der Waals surface area contributed by atoms with E-state index in [0.29, 0.717) is 0 Å². The molecule has 0 radical (unpaired) electrons. The molecule has 0 aromatic heterocycles. The van der Waals surface area contributed by atoms with Gasteiger partial charge in [0.05, 0.1) is 11.3 Å². The van der Waals surface area contributed by atoms with Crippen LogP contribution in [0.1, 0.15) is 32.8 Å². The Balaban J connectivity index is 2.77. The van der Waals surface area contributed by atoms with Gasteiger partial charge in [0.2, 0.25) is 0 Å². The number of hydrogen-bond acceptors (Lipinski definition) is 2. The van der Waals surface area contributed by atoms with E-state index in [4.69, 9.17) is 12.2 Å². The quantitative estimate of drug-likeness (QED) is 0.490. The Morgan fingerprint density at radius 3 is 2.52 bits per heavy atom. The van der Waals surface area contributed by atoms with E-state index in [0.717, 1.165) is 18.2 Å². The van der Waals surface area contributed by atoms with E-state index in [1.54, 1.807) is 0 Å². The van der Waals surface area contributed by atoms with E-state index < -0.39 is 11.7 Å². The van der Waals surface area contributed by atoms with Crippen molar-refractivity contribution in [3.8, 4) is 0 Å². The molecule has 1 rings (SSSR count). The SMILES string of the molecule is CC[C@@H](C)/C(C)=N\NC(=S)Nc1ccccc1C(F)(F)F. The zero-order valence-electron chi connectivity index (χ0n) is 12.1. The fourth-order valence-corrected chi connectivity index (χ4v) is 1.69. The standard InChI is InChI=1S/C14H18F3N3S/c1-4-9(2)10(3)19-20-13(21)18-12-8-6-5-7-11(12)14(15,16)17/h5-9H,4H2,1-3H3,(H2,18,20,21)/b19-10-/t9-/m1/s1. The van der Waals surface area contributed by atoms with E-state index in [9.17, 15) is 13.2 Å². The molecule has 0 saturated heterocycles. The number of alkyl halides is 3. The van der Waals surface area contributed by atoms with E-state index >= 15 is 0 Å². The number of hydrogen-bond donors (Lipinski definition) is 2. The fourth-order valence-electron chi connectivity index (χ4n) is 1.53. The summed E-state index contributed by atoms with van der Waals surface area (Å²) in [5.74, 6) is 0.280. The zero-order chi connectivity index (χ0) is 16.0. The summed E-state index contributed by atoms with van der Waals surface area (Å²) in [5, 5.41) is 6.61. The minimum absolute atomic E-state index is 0.0225. The highest BCUT2D eigenvalue weighted by Crippen LogP contribution is 2.34. The van der Waals surface area contributed by atoms with Gasteiger partial charge in [-0.25, -0.2) is 0 Å². The van der Waals surface area contributed by atoms with Crippen LogP contribution in [-0.2, 0) is 6.18 Å². The lowest BCUT2D eigenvalue weighted by molar-refractivity contribution is -0.136. The molecule has 0 heterocycles. The van der Waals surface area contributed by atoms with Gasteiger partial charge in [0, 0.05) is 5.71 Å². The molecule has 1 atom stereocenters. The molecule has 0 aliphatic rings. The van der Waals surface area contributed by atoms with Crippen LogP contribution in [0.5, 0.6) is 0 Å². The van der Waals surface area contributed by atoms with Gasteiger partial charge < -0.3 is 5.32 Å². The average Bonchev–Trinajstić information content (AvgIpc) is 2.43. The van der Waals surface area contributed by atoms with Crippen molar-refractivity contribution in [2.24, 2.45) is 11.0 Å². The maximum atomic E-state index is 12.8. The highest BCUT2D eigenvalue weighted by molar-refractivity contribution is 7.80. The molecule has 0 saturated carbocycles. The van der Waals surface area contributed by atoms with E-state index in [-0.39, 0.29) is 16.7 Å². The summed E-state index contributed by atoms with van der Waals surface area (Å²) < 4.78 is 38.5. The Morgan fingerprint density at radius 2 is 1.95 bits per heavy atom. The molecular weight excluding hydrogens is 299 g/mol. The van der Waals surface area contributed by atoms with Crippen molar-refractivity contribution < 1.29 is 13.2 Å². The number of benzene rings is 1. The predicted octanol–water partition coefficient (Wildman–Crippen LogP) is 4.41. The van der Waals surface area contributed by atoms with Crippen molar-refractivity contribution in [3.05, 3.63) is 29.8 Å². The Hall–Kier alpha value is -1.63. The summed E-state index contributed by atoms with van der Waals surface area (Å²) in [6.45, 7) is 5.88. The van der Waals surface area contributed by atoms with Crippen LogP contribution in [0.15, 0.2) is 29.4 Å². The molecule has 0 amide bonds. The van der Waals surface area contributed by atoms with Crippen LogP contribution in [0, 0.1) is 5.92 Å². The van der Waals surface area contributed by atoms with Gasteiger partial charge in [-0.1, -0.05) is 26.0 Å². The first-order chi connectivity index (χ1) is 9.75. The third-order valence-electron chi connectivity index (χ3n) is 3.14. The monoisotopic (exact) mass is 317 g/mol. The van der Waals surface area contributed by atoms with Gasteiger partial charge in [-0.05, 0) is 43.6 Å². The second kappa shape index (κ2) is 7.40. The first-order valence-corrected chi connectivity index (χ1v) is 6.94. The molecule has 116 valence electrons. The second-order valence-corrected chi connectivity index (χ2v) is 5.08. The van der Waals surface area contributed by atoms with Gasteiger partial charge in [-0.3, -0.25) is 5.43 Å². The summed E-state index contributed by atoms with van der Waals surface area (Å²) in [5.41, 5.74) is 2.54. The number of nitrogens with zero attached hydrogens (tertiary/aromatic N) is 1. The molecule has 3 nitrogen and oxygen atoms in total. The summed E-state index contributed by atoms with van der Waals surface area (Å²) in [6, 6.07) is 5.16. The molecule has 21 heavy (non-hydrogen) atoms. The fraction of sp³-hybridized carbons (Fsp3) is 0.429. The van der Waals surface area contributed by atoms with Crippen molar-refractivity contribution in [2.75, 3.05) is 5.32 Å². The van der Waals surface area contributed by atoms with Crippen molar-refractivity contribution >= 4 is 28.7 Å². The second-order valence-electron chi connectivity index (χ2n) is 4.67. The third kappa shape index (κ3) is 5.34. The molecule has 0 aliphatic heterocycles. The number of thiocarbonyl (C=S) groups is 1. The molecule has 1 aromatic rings. The van der Waals surface area contributed by atoms with Gasteiger partial charge in [-0.15, -0.1) is 0 Å². The summed E-state index contributed by atoms with van der Waals surface area (Å²) in [4.78, 5) is 0. The van der Waals surface area contributed by atoms with Crippen LogP contribution in [0.25, 0.3) is 0 Å². The molecule has 2 N–H and O–H groups in total. The molecule has 0 unspecified atom stereocenters. The predicted molar refractivity (Wildman–Crippen MR) is 83.4 cm³/mol. The molecule has 0 bridgehead atoms. The van der Waals surface area contributed by atoms with Crippen molar-refractivity contribution in [3.63, 3.8) is 0 Å². The zero-order valence-corrected chi connectivity index (χ0v) is 12.9. The van der Waals surface area contributed by atoms with E-state index in [2.05, 4.69) is 15.8 Å². The molecule has 0 spiro atoms. The Bertz CT molecular complexity index is 526. The van der Waals surface area contributed by atoms with Crippen molar-refractivity contribution in [2.45, 2.75) is 33.4 Å². The Labute approximate surface area is 127 Å². The topological polar surface area (TPSA) is 36.4 Å². The lowest BCUT2D eigenvalue weighted by Gasteiger charge is -2.15. The largest absolute Gasteiger partial charge is 0.418 e. The van der Waals surface area contributed by atoms with Crippen LogP contribution in [-0.4, -0.2) is 10.8 Å². The van der Waals surface area contributed by atoms with Crippen LogP contribution in [0.4, 0.5) is 18.9 Å². The maximum Gasteiger partial charge on any atom is 0.418 e. The number of nitrogens with one attached hydrogen (secondary N) is 2. The van der Waals surface area contributed by atoms with E-state index in [1.807, 2.05) is 20.8 Å². The number of para-hydroxylation sites is 1. The first kappa shape index (κ1) is 17.4. The first-order valence-electron chi connectivity index (χ1n) is 6.53. The number of anilines is 1. The molecule has 0 aliphatic carbocycles. The average molecular weight is 317 g/mol. The van der Waals surface area contributed by atoms with Crippen LogP contribution >= 0.6 is 12.2 Å². The minimum Gasteiger partial charge on any atom is -0.331 e. The van der Waals surface area contributed by atoms with Crippen LogP contribution < -0.4 is 10.7 Å². The lowest BCUT2D eigenvalue weighted by Crippen LogP contribution is -2.27. The van der Waals surface area contributed by atoms with Crippen molar-refractivity contribution in [1.29, 1.82) is 0 Å². The summed E-state index contributed by atoms with van der Waals surface area (Å²) in [7, 11) is 0. The normalized spacial score (nSPS) is 13.7. The molecule has 0 fully saturated rings. The highest BCUT2D eigenvalue weighted by Gasteiger charge is 2.33. The van der Waals surface area contributed by atoms with Crippen LogP contribution in [0.2, 0.25) is 0 Å². The third-order valence-corrected chi connectivity index (χ3v) is 3.33. The molecular formula is C14H18F3N3S. The van der Waals surface area contributed by atoms with Crippen molar-refractivity contribution in [1.82, 2.24) is 5.43 Å². The summed E-state index contributed by atoms with van der Waals surface area (Å²) in [6.07, 6.45) is -3.51. The summed E-state index contributed by atoms with van der Waals surface area (Å²) >= 11 is 4.96.